The summed E-state index contributed by atoms with van der Waals surface area (Å²) in [6, 6.07) is 15.3. The van der Waals surface area contributed by atoms with Crippen molar-refractivity contribution < 1.29 is 12.4 Å². The number of halogens is 1. The number of rotatable bonds is 5. The molecule has 0 aliphatic heterocycles. The number of fused-ring (bicyclic) bond motifs is 1. The Labute approximate surface area is 204 Å². The quantitative estimate of drug-likeness (QED) is 0.323. The summed E-state index contributed by atoms with van der Waals surface area (Å²) in [6.07, 6.45) is 1.55. The normalized spacial score (nSPS) is 11.5. The van der Waals surface area contributed by atoms with Crippen molar-refractivity contribution in [2.24, 2.45) is 7.05 Å². The molecule has 2 aromatic heterocycles. The standard InChI is InChI=1S/C25H26BrN5O2.2H2/c1-25(2,3)18-8-6-15(12-19(18)26)29-24-30-20-13-16(7-9-22(20)31(24)5)33-17-10-11-28-21(14-17)23(32)27-4;;/h6-14H,1-5H3,(H,27,32)(H,29,30);2*1H. The van der Waals surface area contributed by atoms with E-state index in [0.717, 1.165) is 27.1 Å². The van der Waals surface area contributed by atoms with Crippen LogP contribution in [-0.4, -0.2) is 27.5 Å². The van der Waals surface area contributed by atoms with Gasteiger partial charge in [0.25, 0.3) is 5.91 Å². The molecular formula is C25H30BrN5O2. The van der Waals surface area contributed by atoms with E-state index in [2.05, 4.69) is 70.5 Å². The van der Waals surface area contributed by atoms with E-state index in [-0.39, 0.29) is 14.2 Å². The topological polar surface area (TPSA) is 81.1 Å². The molecule has 1 amide bonds. The lowest BCUT2D eigenvalue weighted by Gasteiger charge is -2.21. The van der Waals surface area contributed by atoms with Crippen LogP contribution in [0.3, 0.4) is 0 Å². The van der Waals surface area contributed by atoms with Gasteiger partial charge in [-0.15, -0.1) is 0 Å². The monoisotopic (exact) mass is 511 g/mol. The minimum atomic E-state index is -0.265. The lowest BCUT2D eigenvalue weighted by molar-refractivity contribution is 0.0958. The number of aryl methyl sites for hydroxylation is 1. The Kier molecular flexibility index (Phi) is 6.12. The fourth-order valence-electron chi connectivity index (χ4n) is 3.55. The summed E-state index contributed by atoms with van der Waals surface area (Å²) in [4.78, 5) is 20.6. The molecular weight excluding hydrogens is 482 g/mol. The summed E-state index contributed by atoms with van der Waals surface area (Å²) in [5, 5.41) is 5.96. The van der Waals surface area contributed by atoms with Crippen LogP contribution < -0.4 is 15.4 Å². The number of pyridine rings is 1. The number of imidazole rings is 1. The van der Waals surface area contributed by atoms with E-state index in [1.165, 1.54) is 5.56 Å². The molecule has 0 bridgehead atoms. The Morgan fingerprint density at radius 1 is 1.09 bits per heavy atom. The van der Waals surface area contributed by atoms with Crippen molar-refractivity contribution in [2.45, 2.75) is 26.2 Å². The number of aromatic nitrogens is 3. The first-order valence-electron chi connectivity index (χ1n) is 10.6. The first kappa shape index (κ1) is 22.8. The van der Waals surface area contributed by atoms with Crippen LogP contribution in [0.1, 0.15) is 39.7 Å². The fourth-order valence-corrected chi connectivity index (χ4v) is 4.52. The maximum absolute atomic E-state index is 11.8. The van der Waals surface area contributed by atoms with Gasteiger partial charge in [-0.1, -0.05) is 42.8 Å². The maximum Gasteiger partial charge on any atom is 0.269 e. The van der Waals surface area contributed by atoms with Crippen LogP contribution in [0.25, 0.3) is 11.0 Å². The summed E-state index contributed by atoms with van der Waals surface area (Å²) in [5.41, 5.74) is 4.31. The van der Waals surface area contributed by atoms with Crippen LogP contribution in [0.2, 0.25) is 0 Å². The zero-order chi connectivity index (χ0) is 23.8. The van der Waals surface area contributed by atoms with Crippen LogP contribution >= 0.6 is 15.9 Å². The minimum absolute atomic E-state index is 0. The van der Waals surface area contributed by atoms with Crippen molar-refractivity contribution in [1.29, 1.82) is 0 Å². The number of carbonyl (C=O) groups is 1. The number of benzene rings is 2. The summed E-state index contributed by atoms with van der Waals surface area (Å²) in [7, 11) is 3.53. The predicted molar refractivity (Wildman–Crippen MR) is 139 cm³/mol. The van der Waals surface area contributed by atoms with Crippen molar-refractivity contribution in [2.75, 3.05) is 12.4 Å². The van der Waals surface area contributed by atoms with Crippen molar-refractivity contribution in [1.82, 2.24) is 19.9 Å². The van der Waals surface area contributed by atoms with E-state index in [1.807, 2.05) is 29.8 Å². The second-order valence-corrected chi connectivity index (χ2v) is 9.63. The summed E-state index contributed by atoms with van der Waals surface area (Å²) in [6.45, 7) is 6.57. The van der Waals surface area contributed by atoms with Gasteiger partial charge in [0.1, 0.15) is 17.2 Å². The van der Waals surface area contributed by atoms with Gasteiger partial charge in [-0.3, -0.25) is 9.78 Å². The first-order valence-corrected chi connectivity index (χ1v) is 11.3. The molecule has 7 nitrogen and oxygen atoms in total. The Balaban J connectivity index is 0.00000216. The predicted octanol–water partition coefficient (Wildman–Crippen LogP) is 6.42. The molecule has 0 radical (unpaired) electrons. The van der Waals surface area contributed by atoms with Crippen LogP contribution in [-0.2, 0) is 12.5 Å². The average Bonchev–Trinajstić information content (AvgIpc) is 3.07. The van der Waals surface area contributed by atoms with E-state index in [9.17, 15) is 4.79 Å². The fraction of sp³-hybridized carbons (Fsp3) is 0.240. The molecule has 33 heavy (non-hydrogen) atoms. The van der Waals surface area contributed by atoms with Gasteiger partial charge in [0.15, 0.2) is 0 Å². The zero-order valence-electron chi connectivity index (χ0n) is 19.2. The Morgan fingerprint density at radius 2 is 1.85 bits per heavy atom. The van der Waals surface area contributed by atoms with Gasteiger partial charge in [-0.25, -0.2) is 4.98 Å². The van der Waals surface area contributed by atoms with Crippen molar-refractivity contribution in [3.05, 3.63) is 70.5 Å². The molecule has 0 aliphatic carbocycles. The molecule has 2 heterocycles. The molecule has 4 aromatic rings. The molecule has 8 heteroatoms. The number of ether oxygens (including phenoxy) is 1. The highest BCUT2D eigenvalue weighted by molar-refractivity contribution is 9.10. The summed E-state index contributed by atoms with van der Waals surface area (Å²) in [5.74, 6) is 1.61. The highest BCUT2D eigenvalue weighted by Crippen LogP contribution is 2.33. The highest BCUT2D eigenvalue weighted by atomic mass is 79.9. The van der Waals surface area contributed by atoms with Crippen molar-refractivity contribution >= 4 is 44.5 Å². The maximum atomic E-state index is 11.8. The number of nitrogens with zero attached hydrogens (tertiary/aromatic N) is 3. The highest BCUT2D eigenvalue weighted by Gasteiger charge is 2.17. The SMILES string of the molecule is CNC(=O)c1cc(Oc2ccc3c(c2)nc(Nc2ccc(C(C)(C)C)c(Br)c2)n3C)ccn1.[HH].[HH]. The van der Waals surface area contributed by atoms with Gasteiger partial charge >= 0.3 is 0 Å². The molecule has 4 rings (SSSR count). The second kappa shape index (κ2) is 8.86. The Hall–Kier alpha value is -3.39. The molecule has 2 N–H and O–H groups in total. The van der Waals surface area contributed by atoms with Crippen LogP contribution in [0, 0.1) is 0 Å². The van der Waals surface area contributed by atoms with Crippen LogP contribution in [0.15, 0.2) is 59.2 Å². The van der Waals surface area contributed by atoms with E-state index in [0.29, 0.717) is 17.2 Å². The number of carbonyl (C=O) groups excluding carboxylic acids is 1. The zero-order valence-corrected chi connectivity index (χ0v) is 20.8. The lowest BCUT2D eigenvalue weighted by Crippen LogP contribution is -2.18. The van der Waals surface area contributed by atoms with E-state index in [1.54, 1.807) is 25.4 Å². The van der Waals surface area contributed by atoms with Gasteiger partial charge in [-0.2, -0.15) is 0 Å². The number of nitrogens with one attached hydrogen (secondary N) is 2. The molecule has 0 spiro atoms. The molecule has 0 aliphatic rings. The van der Waals surface area contributed by atoms with Gasteiger partial charge in [0.05, 0.1) is 11.0 Å². The van der Waals surface area contributed by atoms with E-state index >= 15 is 0 Å². The van der Waals surface area contributed by atoms with Crippen LogP contribution in [0.4, 0.5) is 11.6 Å². The van der Waals surface area contributed by atoms with E-state index < -0.39 is 0 Å². The molecule has 0 saturated carbocycles. The summed E-state index contributed by atoms with van der Waals surface area (Å²) >= 11 is 3.70. The molecule has 0 fully saturated rings. The molecule has 0 saturated heterocycles. The van der Waals surface area contributed by atoms with Crippen LogP contribution in [0.5, 0.6) is 11.5 Å². The number of hydrogen-bond donors (Lipinski definition) is 2. The smallest absolute Gasteiger partial charge is 0.269 e. The Morgan fingerprint density at radius 3 is 2.55 bits per heavy atom. The largest absolute Gasteiger partial charge is 0.457 e. The molecule has 0 atom stereocenters. The molecule has 0 unspecified atom stereocenters. The first-order chi connectivity index (χ1) is 15.7. The van der Waals surface area contributed by atoms with Gasteiger partial charge in [0.2, 0.25) is 5.95 Å². The lowest BCUT2D eigenvalue weighted by atomic mass is 9.87. The second-order valence-electron chi connectivity index (χ2n) is 8.77. The minimum Gasteiger partial charge on any atom is -0.457 e. The van der Waals surface area contributed by atoms with Crippen molar-refractivity contribution in [3.8, 4) is 11.5 Å². The van der Waals surface area contributed by atoms with Crippen molar-refractivity contribution in [3.63, 3.8) is 0 Å². The van der Waals surface area contributed by atoms with Gasteiger partial charge < -0.3 is 19.9 Å². The van der Waals surface area contributed by atoms with Gasteiger partial charge in [-0.05, 0) is 41.3 Å². The number of hydrogen-bond acceptors (Lipinski definition) is 5. The molecule has 174 valence electrons. The Bertz CT molecular complexity index is 1350. The number of anilines is 2. The molecule has 2 aromatic carbocycles. The van der Waals surface area contributed by atoms with E-state index in [4.69, 9.17) is 9.72 Å². The third kappa shape index (κ3) is 4.85. The third-order valence-corrected chi connectivity index (χ3v) is 5.97. The third-order valence-electron chi connectivity index (χ3n) is 5.31. The van der Waals surface area contributed by atoms with Gasteiger partial charge in [0, 0.05) is 45.4 Å². The average molecular weight is 512 g/mol. The number of amides is 1. The summed E-state index contributed by atoms with van der Waals surface area (Å²) < 4.78 is 9.01.